The standard InChI is InChI=1S/C16H21N3O2S/c1-16(2,3)15-19-11-5-4-9(6-13(11)22-15)18-14(21)12-7-10(20)8-17-12/h4-6,10,12,17,20H,7-8H2,1-3H3,(H,18,21). The van der Waals surface area contributed by atoms with Crippen LogP contribution in [0.4, 0.5) is 5.69 Å². The van der Waals surface area contributed by atoms with E-state index in [1.807, 2.05) is 18.2 Å². The first-order valence-corrected chi connectivity index (χ1v) is 8.28. The molecule has 0 bridgehead atoms. The average Bonchev–Trinajstić information content (AvgIpc) is 3.03. The SMILES string of the molecule is CC(C)(C)c1nc2ccc(NC(=O)C3CC(O)CN3)cc2s1. The van der Waals surface area contributed by atoms with Crippen molar-refractivity contribution in [3.63, 3.8) is 0 Å². The summed E-state index contributed by atoms with van der Waals surface area (Å²) in [6.07, 6.45) is 0.0251. The van der Waals surface area contributed by atoms with Gasteiger partial charge < -0.3 is 15.7 Å². The molecule has 0 saturated carbocycles. The van der Waals surface area contributed by atoms with Gasteiger partial charge in [0, 0.05) is 17.6 Å². The van der Waals surface area contributed by atoms with E-state index in [9.17, 15) is 9.90 Å². The third-order valence-electron chi connectivity index (χ3n) is 3.72. The monoisotopic (exact) mass is 319 g/mol. The highest BCUT2D eigenvalue weighted by atomic mass is 32.1. The fourth-order valence-corrected chi connectivity index (χ4v) is 3.53. The molecule has 1 saturated heterocycles. The van der Waals surface area contributed by atoms with Crippen LogP contribution in [0.2, 0.25) is 0 Å². The van der Waals surface area contributed by atoms with Gasteiger partial charge in [-0.25, -0.2) is 4.98 Å². The lowest BCUT2D eigenvalue weighted by atomic mass is 9.98. The molecule has 22 heavy (non-hydrogen) atoms. The lowest BCUT2D eigenvalue weighted by molar-refractivity contribution is -0.117. The molecular weight excluding hydrogens is 298 g/mol. The number of benzene rings is 1. The van der Waals surface area contributed by atoms with Crippen molar-refractivity contribution in [2.24, 2.45) is 0 Å². The lowest BCUT2D eigenvalue weighted by Crippen LogP contribution is -2.35. The van der Waals surface area contributed by atoms with Crippen LogP contribution in [0.3, 0.4) is 0 Å². The second-order valence-corrected chi connectivity index (χ2v) is 7.82. The van der Waals surface area contributed by atoms with Crippen LogP contribution in [-0.4, -0.2) is 34.7 Å². The number of aliphatic hydroxyl groups excluding tert-OH is 1. The van der Waals surface area contributed by atoms with Crippen molar-refractivity contribution >= 4 is 33.1 Å². The van der Waals surface area contributed by atoms with Crippen LogP contribution in [0.5, 0.6) is 0 Å². The zero-order chi connectivity index (χ0) is 15.9. The second kappa shape index (κ2) is 5.61. The number of thiazole rings is 1. The number of fused-ring (bicyclic) bond motifs is 1. The maximum Gasteiger partial charge on any atom is 0.241 e. The molecule has 2 unspecified atom stereocenters. The topological polar surface area (TPSA) is 74.2 Å². The molecule has 2 heterocycles. The fraction of sp³-hybridized carbons (Fsp3) is 0.500. The van der Waals surface area contributed by atoms with E-state index in [2.05, 4.69) is 36.4 Å². The van der Waals surface area contributed by atoms with Crippen molar-refractivity contribution in [3.05, 3.63) is 23.2 Å². The van der Waals surface area contributed by atoms with Crippen LogP contribution < -0.4 is 10.6 Å². The Hall–Kier alpha value is -1.50. The normalized spacial score (nSPS) is 22.2. The van der Waals surface area contributed by atoms with Gasteiger partial charge in [-0.1, -0.05) is 20.8 Å². The number of hydrogen-bond donors (Lipinski definition) is 3. The predicted molar refractivity (Wildman–Crippen MR) is 89.4 cm³/mol. The highest BCUT2D eigenvalue weighted by Crippen LogP contribution is 2.32. The van der Waals surface area contributed by atoms with Crippen LogP contribution in [0.25, 0.3) is 10.2 Å². The van der Waals surface area contributed by atoms with Crippen molar-refractivity contribution in [2.75, 3.05) is 11.9 Å². The smallest absolute Gasteiger partial charge is 0.241 e. The van der Waals surface area contributed by atoms with Crippen LogP contribution in [-0.2, 0) is 10.2 Å². The Kier molecular flexibility index (Phi) is 3.92. The van der Waals surface area contributed by atoms with Crippen molar-refractivity contribution in [3.8, 4) is 0 Å². The van der Waals surface area contributed by atoms with Gasteiger partial charge in [0.1, 0.15) is 0 Å². The molecular formula is C16H21N3O2S. The summed E-state index contributed by atoms with van der Waals surface area (Å²) in [6, 6.07) is 5.45. The van der Waals surface area contributed by atoms with E-state index in [1.165, 1.54) is 0 Å². The third kappa shape index (κ3) is 3.14. The van der Waals surface area contributed by atoms with Gasteiger partial charge in [0.15, 0.2) is 0 Å². The molecule has 3 rings (SSSR count). The summed E-state index contributed by atoms with van der Waals surface area (Å²) in [6.45, 7) is 6.90. The van der Waals surface area contributed by atoms with Crippen LogP contribution in [0.1, 0.15) is 32.2 Å². The van der Waals surface area contributed by atoms with E-state index in [4.69, 9.17) is 0 Å². The Balaban J connectivity index is 1.78. The molecule has 0 spiro atoms. The summed E-state index contributed by atoms with van der Waals surface area (Å²) in [4.78, 5) is 16.8. The van der Waals surface area contributed by atoms with Crippen LogP contribution in [0, 0.1) is 0 Å². The minimum Gasteiger partial charge on any atom is -0.392 e. The van der Waals surface area contributed by atoms with Gasteiger partial charge in [-0.3, -0.25) is 4.79 Å². The Bertz CT molecular complexity index is 705. The number of anilines is 1. The van der Waals surface area contributed by atoms with E-state index in [0.29, 0.717) is 13.0 Å². The summed E-state index contributed by atoms with van der Waals surface area (Å²) in [5, 5.41) is 16.5. The number of aromatic nitrogens is 1. The molecule has 118 valence electrons. The van der Waals surface area contributed by atoms with Gasteiger partial charge in [-0.05, 0) is 24.6 Å². The molecule has 1 aromatic heterocycles. The summed E-state index contributed by atoms with van der Waals surface area (Å²) in [5.41, 5.74) is 1.75. The van der Waals surface area contributed by atoms with Gasteiger partial charge in [0.2, 0.25) is 5.91 Å². The Morgan fingerprint density at radius 2 is 2.23 bits per heavy atom. The number of nitrogens with one attached hydrogen (secondary N) is 2. The van der Waals surface area contributed by atoms with Crippen molar-refractivity contribution < 1.29 is 9.90 Å². The molecule has 1 fully saturated rings. The summed E-state index contributed by atoms with van der Waals surface area (Å²) in [7, 11) is 0. The van der Waals surface area contributed by atoms with Gasteiger partial charge in [0.25, 0.3) is 0 Å². The molecule has 0 radical (unpaired) electrons. The Morgan fingerprint density at radius 3 is 2.86 bits per heavy atom. The van der Waals surface area contributed by atoms with Gasteiger partial charge in [-0.15, -0.1) is 11.3 Å². The van der Waals surface area contributed by atoms with E-state index in [0.717, 1.165) is 20.9 Å². The lowest BCUT2D eigenvalue weighted by Gasteiger charge is -2.13. The summed E-state index contributed by atoms with van der Waals surface area (Å²) in [5.74, 6) is -0.100. The summed E-state index contributed by atoms with van der Waals surface area (Å²) >= 11 is 1.66. The molecule has 0 aliphatic carbocycles. The predicted octanol–water partition coefficient (Wildman–Crippen LogP) is 2.26. The number of aliphatic hydroxyl groups is 1. The molecule has 1 aliphatic rings. The maximum absolute atomic E-state index is 12.2. The molecule has 2 atom stereocenters. The number of hydrogen-bond acceptors (Lipinski definition) is 5. The first-order chi connectivity index (χ1) is 10.3. The molecule has 3 N–H and O–H groups in total. The maximum atomic E-state index is 12.2. The van der Waals surface area contributed by atoms with Crippen molar-refractivity contribution in [1.82, 2.24) is 10.3 Å². The number of carbonyl (C=O) groups excluding carboxylic acids is 1. The highest BCUT2D eigenvalue weighted by molar-refractivity contribution is 7.18. The zero-order valence-electron chi connectivity index (χ0n) is 13.0. The third-order valence-corrected chi connectivity index (χ3v) is 5.17. The number of carbonyl (C=O) groups is 1. The van der Waals surface area contributed by atoms with E-state index in [1.54, 1.807) is 11.3 Å². The minimum absolute atomic E-state index is 0.0248. The molecule has 1 amide bonds. The largest absolute Gasteiger partial charge is 0.392 e. The number of rotatable bonds is 2. The molecule has 1 aliphatic heterocycles. The fourth-order valence-electron chi connectivity index (χ4n) is 2.47. The first kappa shape index (κ1) is 15.4. The summed E-state index contributed by atoms with van der Waals surface area (Å²) < 4.78 is 1.07. The average molecular weight is 319 g/mol. The van der Waals surface area contributed by atoms with Crippen molar-refractivity contribution in [1.29, 1.82) is 0 Å². The number of amides is 1. The first-order valence-electron chi connectivity index (χ1n) is 7.46. The van der Waals surface area contributed by atoms with E-state index < -0.39 is 6.10 Å². The molecule has 2 aromatic rings. The quantitative estimate of drug-likeness (QED) is 0.794. The van der Waals surface area contributed by atoms with Crippen LogP contribution >= 0.6 is 11.3 Å². The van der Waals surface area contributed by atoms with Gasteiger partial charge >= 0.3 is 0 Å². The Morgan fingerprint density at radius 1 is 1.45 bits per heavy atom. The number of β-amino-alcohol motifs (C(OH)–C–C–N with tert-alkyl or cyclic N) is 1. The van der Waals surface area contributed by atoms with Gasteiger partial charge in [0.05, 0.1) is 27.4 Å². The Labute approximate surface area is 133 Å². The zero-order valence-corrected chi connectivity index (χ0v) is 13.8. The van der Waals surface area contributed by atoms with Crippen LogP contribution in [0.15, 0.2) is 18.2 Å². The van der Waals surface area contributed by atoms with Crippen molar-refractivity contribution in [2.45, 2.75) is 44.8 Å². The molecule has 6 heteroatoms. The van der Waals surface area contributed by atoms with E-state index >= 15 is 0 Å². The second-order valence-electron chi connectivity index (χ2n) is 6.79. The minimum atomic E-state index is -0.436. The van der Waals surface area contributed by atoms with Gasteiger partial charge in [-0.2, -0.15) is 0 Å². The number of nitrogens with zero attached hydrogens (tertiary/aromatic N) is 1. The molecule has 1 aromatic carbocycles. The molecule has 5 nitrogen and oxygen atoms in total. The van der Waals surface area contributed by atoms with E-state index in [-0.39, 0.29) is 17.4 Å². The highest BCUT2D eigenvalue weighted by Gasteiger charge is 2.28.